The molecule has 0 spiro atoms. The summed E-state index contributed by atoms with van der Waals surface area (Å²) in [5.41, 5.74) is 1.94. The van der Waals surface area contributed by atoms with Gasteiger partial charge >= 0.3 is 0 Å². The minimum absolute atomic E-state index is 0.182. The van der Waals surface area contributed by atoms with Crippen LogP contribution in [0.3, 0.4) is 0 Å². The normalized spacial score (nSPS) is 26.0. The van der Waals surface area contributed by atoms with E-state index in [1.54, 1.807) is 0 Å². The molecule has 0 N–H and O–H groups in total. The summed E-state index contributed by atoms with van der Waals surface area (Å²) in [6, 6.07) is 11.2. The molecule has 4 nitrogen and oxygen atoms in total. The molecule has 130 valence electrons. The van der Waals surface area contributed by atoms with Gasteiger partial charge in [0, 0.05) is 32.4 Å². The van der Waals surface area contributed by atoms with Crippen LogP contribution in [0.1, 0.15) is 34.9 Å². The Bertz CT molecular complexity index is 796. The van der Waals surface area contributed by atoms with Crippen molar-refractivity contribution >= 4 is 5.91 Å². The maximum atomic E-state index is 13.1. The molecule has 5 heteroatoms. The maximum Gasteiger partial charge on any atom is 0.270 e. The minimum Gasteiger partial charge on any atom is -0.337 e. The van der Waals surface area contributed by atoms with Gasteiger partial charge in [-0.25, -0.2) is 4.39 Å². The first-order valence-electron chi connectivity index (χ1n) is 9.13. The number of rotatable bonds is 4. The summed E-state index contributed by atoms with van der Waals surface area (Å²) in [5, 5.41) is 0. The Balaban J connectivity index is 1.40. The van der Waals surface area contributed by atoms with Crippen molar-refractivity contribution in [1.82, 2.24) is 14.4 Å². The number of carbonyl (C=O) groups is 1. The van der Waals surface area contributed by atoms with Crippen LogP contribution in [-0.4, -0.2) is 46.0 Å². The van der Waals surface area contributed by atoms with E-state index < -0.39 is 0 Å². The number of benzene rings is 1. The molecule has 2 aliphatic heterocycles. The third-order valence-electron chi connectivity index (χ3n) is 5.82. The molecule has 2 atom stereocenters. The van der Waals surface area contributed by atoms with Crippen LogP contribution in [0.25, 0.3) is 0 Å². The Labute approximate surface area is 146 Å². The van der Waals surface area contributed by atoms with Gasteiger partial charge in [-0.05, 0) is 48.6 Å². The van der Waals surface area contributed by atoms with Gasteiger partial charge in [0.05, 0.1) is 12.1 Å². The summed E-state index contributed by atoms with van der Waals surface area (Å²) in [6.45, 7) is 3.52. The topological polar surface area (TPSA) is 28.5 Å². The predicted octanol–water partition coefficient (Wildman–Crippen LogP) is 2.92. The van der Waals surface area contributed by atoms with E-state index in [1.165, 1.54) is 25.0 Å². The highest BCUT2D eigenvalue weighted by molar-refractivity contribution is 5.94. The number of halogens is 1. The molecule has 0 unspecified atom stereocenters. The van der Waals surface area contributed by atoms with Crippen LogP contribution >= 0.6 is 0 Å². The first-order valence-corrected chi connectivity index (χ1v) is 9.13. The van der Waals surface area contributed by atoms with Crippen molar-refractivity contribution in [2.45, 2.75) is 31.5 Å². The van der Waals surface area contributed by atoms with Crippen molar-refractivity contribution in [2.75, 3.05) is 19.6 Å². The fraction of sp³-hybridized carbons (Fsp3) is 0.450. The molecule has 3 heterocycles. The fourth-order valence-corrected chi connectivity index (χ4v) is 4.36. The van der Waals surface area contributed by atoms with Crippen LogP contribution in [0.5, 0.6) is 0 Å². The zero-order valence-electron chi connectivity index (χ0n) is 14.1. The predicted molar refractivity (Wildman–Crippen MR) is 92.7 cm³/mol. The van der Waals surface area contributed by atoms with Crippen molar-refractivity contribution in [2.24, 2.45) is 5.92 Å². The van der Waals surface area contributed by atoms with Gasteiger partial charge in [-0.2, -0.15) is 0 Å². The van der Waals surface area contributed by atoms with Crippen molar-refractivity contribution in [1.29, 1.82) is 0 Å². The summed E-state index contributed by atoms with van der Waals surface area (Å²) in [6.07, 6.45) is 4.55. The van der Waals surface area contributed by atoms with Crippen LogP contribution in [0.2, 0.25) is 0 Å². The van der Waals surface area contributed by atoms with Crippen LogP contribution in [0, 0.1) is 11.7 Å². The lowest BCUT2D eigenvalue weighted by molar-refractivity contribution is 0.0565. The number of fused-ring (bicyclic) bond motifs is 3. The standard InChI is InChI=1S/C20H22FN3O/c21-16-7-5-14(6-8-16)10-22-12-18-19(13-22)24(11-15-3-4-15)20(25)17-2-1-9-23(17)18/h1-2,5-9,15,18-19H,3-4,10-13H2/t18-,19+/m1/s1. The molecule has 0 radical (unpaired) electrons. The summed E-state index contributed by atoms with van der Waals surface area (Å²) in [4.78, 5) is 17.5. The SMILES string of the molecule is O=C1c2cccn2[C@@H]2CN(Cc3ccc(F)cc3)C[C@@H]2N1CC1CC1. The Morgan fingerprint density at radius 2 is 1.80 bits per heavy atom. The van der Waals surface area contributed by atoms with Crippen molar-refractivity contribution in [3.8, 4) is 0 Å². The Kier molecular flexibility index (Phi) is 3.45. The van der Waals surface area contributed by atoms with Crippen LogP contribution < -0.4 is 0 Å². The second-order valence-electron chi connectivity index (χ2n) is 7.66. The Morgan fingerprint density at radius 1 is 1.04 bits per heavy atom. The number of hydrogen-bond acceptors (Lipinski definition) is 2. The molecule has 2 aromatic rings. The molecule has 1 saturated carbocycles. The van der Waals surface area contributed by atoms with Gasteiger partial charge in [-0.3, -0.25) is 9.69 Å². The van der Waals surface area contributed by atoms with Crippen molar-refractivity contribution in [3.05, 3.63) is 59.7 Å². The zero-order chi connectivity index (χ0) is 17.0. The molecule has 1 saturated heterocycles. The Hall–Kier alpha value is -2.14. The van der Waals surface area contributed by atoms with Crippen molar-refractivity contribution < 1.29 is 9.18 Å². The van der Waals surface area contributed by atoms with Crippen LogP contribution in [-0.2, 0) is 6.54 Å². The van der Waals surface area contributed by atoms with Gasteiger partial charge in [0.15, 0.2) is 0 Å². The number of hydrogen-bond donors (Lipinski definition) is 0. The quantitative estimate of drug-likeness (QED) is 0.857. The number of aromatic nitrogens is 1. The summed E-state index contributed by atoms with van der Waals surface area (Å²) >= 11 is 0. The van der Waals surface area contributed by atoms with Gasteiger partial charge < -0.3 is 9.47 Å². The minimum atomic E-state index is -0.197. The van der Waals surface area contributed by atoms with E-state index >= 15 is 0 Å². The first-order chi connectivity index (χ1) is 12.2. The monoisotopic (exact) mass is 339 g/mol. The lowest BCUT2D eigenvalue weighted by Gasteiger charge is -2.38. The highest BCUT2D eigenvalue weighted by Gasteiger charge is 2.46. The van der Waals surface area contributed by atoms with Crippen LogP contribution in [0.4, 0.5) is 4.39 Å². The average molecular weight is 339 g/mol. The Morgan fingerprint density at radius 3 is 2.56 bits per heavy atom. The molecular formula is C20H22FN3O. The summed E-state index contributed by atoms with van der Waals surface area (Å²) in [5.74, 6) is 0.677. The average Bonchev–Trinajstić information content (AvgIpc) is 3.12. The smallest absolute Gasteiger partial charge is 0.270 e. The van der Waals surface area contributed by atoms with E-state index in [0.717, 1.165) is 37.4 Å². The van der Waals surface area contributed by atoms with Gasteiger partial charge in [0.1, 0.15) is 11.5 Å². The molecule has 1 aromatic carbocycles. The second kappa shape index (κ2) is 5.70. The summed E-state index contributed by atoms with van der Waals surface area (Å²) < 4.78 is 15.3. The molecule has 1 aliphatic carbocycles. The molecule has 5 rings (SSSR count). The van der Waals surface area contributed by atoms with E-state index in [1.807, 2.05) is 30.5 Å². The third kappa shape index (κ3) is 2.67. The van der Waals surface area contributed by atoms with Gasteiger partial charge in [0.2, 0.25) is 0 Å². The lowest BCUT2D eigenvalue weighted by Crippen LogP contribution is -2.51. The summed E-state index contributed by atoms with van der Waals surface area (Å²) in [7, 11) is 0. The highest BCUT2D eigenvalue weighted by Crippen LogP contribution is 2.38. The number of likely N-dealkylation sites (tertiary alicyclic amines) is 1. The molecule has 25 heavy (non-hydrogen) atoms. The first kappa shape index (κ1) is 15.1. The van der Waals surface area contributed by atoms with Crippen molar-refractivity contribution in [3.63, 3.8) is 0 Å². The number of nitrogens with zero attached hydrogens (tertiary/aromatic N) is 3. The molecule has 3 aliphatic rings. The number of amides is 1. The fourth-order valence-electron chi connectivity index (χ4n) is 4.36. The van der Waals surface area contributed by atoms with Gasteiger partial charge in [-0.1, -0.05) is 12.1 Å². The molecule has 0 bridgehead atoms. The van der Waals surface area contributed by atoms with E-state index in [-0.39, 0.29) is 17.8 Å². The lowest BCUT2D eigenvalue weighted by atomic mass is 10.1. The van der Waals surface area contributed by atoms with E-state index in [0.29, 0.717) is 12.0 Å². The van der Waals surface area contributed by atoms with E-state index in [4.69, 9.17) is 0 Å². The largest absolute Gasteiger partial charge is 0.337 e. The second-order valence-corrected chi connectivity index (χ2v) is 7.66. The number of carbonyl (C=O) groups excluding carboxylic acids is 1. The third-order valence-corrected chi connectivity index (χ3v) is 5.82. The van der Waals surface area contributed by atoms with E-state index in [9.17, 15) is 9.18 Å². The van der Waals surface area contributed by atoms with Gasteiger partial charge in [0.25, 0.3) is 5.91 Å². The zero-order valence-corrected chi connectivity index (χ0v) is 14.1. The van der Waals surface area contributed by atoms with Crippen LogP contribution in [0.15, 0.2) is 42.6 Å². The maximum absolute atomic E-state index is 13.1. The van der Waals surface area contributed by atoms with Gasteiger partial charge in [-0.15, -0.1) is 0 Å². The molecule has 1 aromatic heterocycles. The molecule has 1 amide bonds. The van der Waals surface area contributed by atoms with E-state index in [2.05, 4.69) is 14.4 Å². The molecule has 2 fully saturated rings. The highest BCUT2D eigenvalue weighted by atomic mass is 19.1. The molecular weight excluding hydrogens is 317 g/mol.